The van der Waals surface area contributed by atoms with Gasteiger partial charge in [-0.25, -0.2) is 5.43 Å². The Hall–Kier alpha value is -3.65. The van der Waals surface area contributed by atoms with E-state index in [1.165, 1.54) is 37.6 Å². The zero-order valence-corrected chi connectivity index (χ0v) is 18.1. The first-order chi connectivity index (χ1) is 14.8. The molecule has 1 amide bonds. The molecule has 0 aromatic heterocycles. The van der Waals surface area contributed by atoms with Crippen LogP contribution in [-0.4, -0.2) is 27.6 Å². The maximum atomic E-state index is 12.3. The minimum atomic E-state index is -3.91. The molecule has 3 aromatic carbocycles. The van der Waals surface area contributed by atoms with Crippen LogP contribution in [0.4, 0.5) is 0 Å². The highest BCUT2D eigenvalue weighted by Gasteiger charge is 2.16. The molecule has 3 aromatic rings. The molecule has 0 aliphatic carbocycles. The van der Waals surface area contributed by atoms with Gasteiger partial charge < -0.3 is 8.92 Å². The summed E-state index contributed by atoms with van der Waals surface area (Å²) in [5, 5.41) is 3.94. The van der Waals surface area contributed by atoms with Gasteiger partial charge in [0, 0.05) is 0 Å². The smallest absolute Gasteiger partial charge is 0.339 e. The number of ether oxygens (including phenoxy) is 1. The second kappa shape index (κ2) is 9.44. The van der Waals surface area contributed by atoms with Crippen molar-refractivity contribution >= 4 is 22.2 Å². The number of nitrogens with one attached hydrogen (secondary N) is 1. The first-order valence-electron chi connectivity index (χ1n) is 9.38. The third-order valence-corrected chi connectivity index (χ3v) is 5.64. The molecular weight excluding hydrogens is 416 g/mol. The summed E-state index contributed by atoms with van der Waals surface area (Å²) in [4.78, 5) is 12.4. The van der Waals surface area contributed by atoms with Crippen molar-refractivity contribution < 1.29 is 22.1 Å². The standard InChI is InChI=1S/C23H22N2O5S/c1-16-4-11-20(12-5-16)31(27,28)30-19-9-7-18(8-10-19)15-24-25-23(26)21-13-6-17(2)14-22(21)29-3/h4-15H,1-3H3,(H,25,26)/b24-15-. The van der Waals surface area contributed by atoms with Crippen LogP contribution in [-0.2, 0) is 10.1 Å². The van der Waals surface area contributed by atoms with Crippen LogP contribution >= 0.6 is 0 Å². The summed E-state index contributed by atoms with van der Waals surface area (Å²) in [6.07, 6.45) is 1.44. The largest absolute Gasteiger partial charge is 0.496 e. The normalized spacial score (nSPS) is 11.3. The fourth-order valence-electron chi connectivity index (χ4n) is 2.70. The summed E-state index contributed by atoms with van der Waals surface area (Å²) < 4.78 is 35.1. The van der Waals surface area contributed by atoms with Gasteiger partial charge >= 0.3 is 10.1 Å². The molecule has 0 saturated carbocycles. The van der Waals surface area contributed by atoms with Gasteiger partial charge in [0.05, 0.1) is 18.9 Å². The Kier molecular flexibility index (Phi) is 6.71. The van der Waals surface area contributed by atoms with Crippen molar-refractivity contribution in [2.75, 3.05) is 7.11 Å². The zero-order chi connectivity index (χ0) is 22.4. The van der Waals surface area contributed by atoms with Gasteiger partial charge in [0.2, 0.25) is 0 Å². The number of methoxy groups -OCH3 is 1. The summed E-state index contributed by atoms with van der Waals surface area (Å²) in [5.41, 5.74) is 5.39. The topological polar surface area (TPSA) is 94.1 Å². The lowest BCUT2D eigenvalue weighted by Gasteiger charge is -2.08. The maximum Gasteiger partial charge on any atom is 0.339 e. The van der Waals surface area contributed by atoms with Crippen LogP contribution in [0.2, 0.25) is 0 Å². The number of hydrazone groups is 1. The lowest BCUT2D eigenvalue weighted by atomic mass is 10.1. The molecule has 0 radical (unpaired) electrons. The van der Waals surface area contributed by atoms with E-state index in [0.29, 0.717) is 16.9 Å². The first-order valence-corrected chi connectivity index (χ1v) is 10.8. The molecule has 160 valence electrons. The van der Waals surface area contributed by atoms with E-state index in [2.05, 4.69) is 10.5 Å². The molecule has 3 rings (SSSR count). The van der Waals surface area contributed by atoms with Crippen molar-refractivity contribution in [2.24, 2.45) is 5.10 Å². The van der Waals surface area contributed by atoms with E-state index in [4.69, 9.17) is 8.92 Å². The van der Waals surface area contributed by atoms with Gasteiger partial charge in [-0.2, -0.15) is 13.5 Å². The average molecular weight is 439 g/mol. The molecule has 8 heteroatoms. The minimum Gasteiger partial charge on any atom is -0.496 e. The van der Waals surface area contributed by atoms with Crippen molar-refractivity contribution in [1.82, 2.24) is 5.43 Å². The summed E-state index contributed by atoms with van der Waals surface area (Å²) in [5.74, 6) is 0.229. The number of aryl methyl sites for hydroxylation is 2. The number of carbonyl (C=O) groups is 1. The molecule has 0 fully saturated rings. The Balaban J connectivity index is 1.63. The predicted molar refractivity (Wildman–Crippen MR) is 118 cm³/mol. The van der Waals surface area contributed by atoms with Crippen molar-refractivity contribution in [2.45, 2.75) is 18.7 Å². The summed E-state index contributed by atoms with van der Waals surface area (Å²) in [7, 11) is -2.42. The minimum absolute atomic E-state index is 0.0815. The Labute approximate surface area is 181 Å². The van der Waals surface area contributed by atoms with Crippen LogP contribution in [0.15, 0.2) is 76.7 Å². The maximum absolute atomic E-state index is 12.3. The van der Waals surface area contributed by atoms with Crippen molar-refractivity contribution in [3.8, 4) is 11.5 Å². The van der Waals surface area contributed by atoms with Crippen LogP contribution in [0.1, 0.15) is 27.0 Å². The van der Waals surface area contributed by atoms with Crippen LogP contribution in [0.5, 0.6) is 11.5 Å². The second-order valence-electron chi connectivity index (χ2n) is 6.82. The van der Waals surface area contributed by atoms with Gasteiger partial charge in [-0.05, 0) is 73.5 Å². The summed E-state index contributed by atoms with van der Waals surface area (Å²) in [6, 6.07) is 17.9. The van der Waals surface area contributed by atoms with Gasteiger partial charge in [0.1, 0.15) is 16.4 Å². The summed E-state index contributed by atoms with van der Waals surface area (Å²) in [6.45, 7) is 3.78. The molecule has 0 aliphatic rings. The lowest BCUT2D eigenvalue weighted by molar-refractivity contribution is 0.0952. The zero-order valence-electron chi connectivity index (χ0n) is 17.3. The number of hydrogen-bond donors (Lipinski definition) is 1. The number of hydrogen-bond acceptors (Lipinski definition) is 6. The lowest BCUT2D eigenvalue weighted by Crippen LogP contribution is -2.18. The van der Waals surface area contributed by atoms with Gasteiger partial charge in [-0.15, -0.1) is 0 Å². The molecule has 0 aliphatic heterocycles. The molecule has 1 N–H and O–H groups in total. The molecule has 0 atom stereocenters. The molecule has 7 nitrogen and oxygen atoms in total. The quantitative estimate of drug-likeness (QED) is 0.344. The molecule has 0 unspecified atom stereocenters. The van der Waals surface area contributed by atoms with Gasteiger partial charge in [0.15, 0.2) is 0 Å². The SMILES string of the molecule is COc1cc(C)ccc1C(=O)N/N=C\c1ccc(OS(=O)(=O)c2ccc(C)cc2)cc1. The number of nitrogens with zero attached hydrogens (tertiary/aromatic N) is 1. The molecule has 0 heterocycles. The van der Waals surface area contributed by atoms with Crippen molar-refractivity contribution in [3.05, 3.63) is 89.0 Å². The Morgan fingerprint density at radius 3 is 2.23 bits per heavy atom. The van der Waals surface area contributed by atoms with E-state index in [-0.39, 0.29) is 10.6 Å². The Morgan fingerprint density at radius 1 is 0.935 bits per heavy atom. The predicted octanol–water partition coefficient (Wildman–Crippen LogP) is 3.84. The third-order valence-electron chi connectivity index (χ3n) is 4.38. The monoisotopic (exact) mass is 438 g/mol. The van der Waals surface area contributed by atoms with Crippen molar-refractivity contribution in [3.63, 3.8) is 0 Å². The van der Waals surface area contributed by atoms with E-state index in [9.17, 15) is 13.2 Å². The van der Waals surface area contributed by atoms with Gasteiger partial charge in [0.25, 0.3) is 5.91 Å². The Morgan fingerprint density at radius 2 is 1.58 bits per heavy atom. The van der Waals surface area contributed by atoms with Crippen LogP contribution in [0, 0.1) is 13.8 Å². The van der Waals surface area contributed by atoms with Crippen LogP contribution in [0.25, 0.3) is 0 Å². The molecule has 0 bridgehead atoms. The molecule has 0 saturated heterocycles. The van der Waals surface area contributed by atoms with Crippen molar-refractivity contribution in [1.29, 1.82) is 0 Å². The Bertz CT molecular complexity index is 1200. The van der Waals surface area contributed by atoms with E-state index in [1.54, 1.807) is 36.4 Å². The van der Waals surface area contributed by atoms with Crippen LogP contribution in [0.3, 0.4) is 0 Å². The highest BCUT2D eigenvalue weighted by Crippen LogP contribution is 2.20. The third kappa shape index (κ3) is 5.70. The highest BCUT2D eigenvalue weighted by molar-refractivity contribution is 7.87. The number of carbonyl (C=O) groups excluding carboxylic acids is 1. The number of benzene rings is 3. The van der Waals surface area contributed by atoms with E-state index >= 15 is 0 Å². The fraction of sp³-hybridized carbons (Fsp3) is 0.130. The highest BCUT2D eigenvalue weighted by atomic mass is 32.2. The molecular formula is C23H22N2O5S. The first kappa shape index (κ1) is 22.0. The van der Waals surface area contributed by atoms with E-state index < -0.39 is 16.0 Å². The summed E-state index contributed by atoms with van der Waals surface area (Å²) >= 11 is 0. The molecule has 0 spiro atoms. The number of amides is 1. The average Bonchev–Trinajstić information content (AvgIpc) is 2.75. The fourth-order valence-corrected chi connectivity index (χ4v) is 3.63. The van der Waals surface area contributed by atoms with E-state index in [1.807, 2.05) is 19.9 Å². The molecule has 31 heavy (non-hydrogen) atoms. The van der Waals surface area contributed by atoms with Gasteiger partial charge in [-0.3, -0.25) is 4.79 Å². The number of rotatable bonds is 7. The van der Waals surface area contributed by atoms with E-state index in [0.717, 1.165) is 11.1 Å². The van der Waals surface area contributed by atoms with Gasteiger partial charge in [-0.1, -0.05) is 23.8 Å². The second-order valence-corrected chi connectivity index (χ2v) is 8.37. The van der Waals surface area contributed by atoms with Crippen LogP contribution < -0.4 is 14.3 Å².